The van der Waals surface area contributed by atoms with Gasteiger partial charge in [-0.3, -0.25) is 14.6 Å². The number of aryl methyl sites for hydroxylation is 1. The molecule has 0 aliphatic carbocycles. The molecule has 27 heavy (non-hydrogen) atoms. The van der Waals surface area contributed by atoms with Crippen LogP contribution in [0.2, 0.25) is 0 Å². The van der Waals surface area contributed by atoms with E-state index in [1.807, 2.05) is 42.5 Å². The fraction of sp³-hybridized carbons (Fsp3) is 0.136. The summed E-state index contributed by atoms with van der Waals surface area (Å²) in [5.41, 5.74) is 3.57. The van der Waals surface area contributed by atoms with Crippen LogP contribution in [0.5, 0.6) is 0 Å². The van der Waals surface area contributed by atoms with Crippen LogP contribution in [0.4, 0.5) is 5.69 Å². The van der Waals surface area contributed by atoms with Crippen molar-refractivity contribution in [3.05, 3.63) is 95.3 Å². The Hall–Kier alpha value is -3.47. The molecule has 5 heteroatoms. The Balaban J connectivity index is 1.64. The lowest BCUT2D eigenvalue weighted by atomic mass is 10.1. The largest absolute Gasteiger partial charge is 0.346 e. The first-order valence-electron chi connectivity index (χ1n) is 8.84. The number of rotatable bonds is 6. The van der Waals surface area contributed by atoms with Gasteiger partial charge in [0, 0.05) is 23.0 Å². The zero-order valence-corrected chi connectivity index (χ0v) is 15.1. The van der Waals surface area contributed by atoms with Crippen molar-refractivity contribution in [2.75, 3.05) is 5.32 Å². The van der Waals surface area contributed by atoms with Gasteiger partial charge in [-0.1, -0.05) is 31.2 Å². The smallest absolute Gasteiger partial charge is 0.255 e. The van der Waals surface area contributed by atoms with E-state index in [-0.39, 0.29) is 11.8 Å². The van der Waals surface area contributed by atoms with Gasteiger partial charge in [-0.2, -0.15) is 0 Å². The number of pyridine rings is 1. The van der Waals surface area contributed by atoms with Gasteiger partial charge in [0.15, 0.2) is 0 Å². The van der Waals surface area contributed by atoms with Crippen molar-refractivity contribution in [1.82, 2.24) is 10.3 Å². The number of hydrogen-bond donors (Lipinski definition) is 2. The Morgan fingerprint density at radius 3 is 2.30 bits per heavy atom. The van der Waals surface area contributed by atoms with Crippen molar-refractivity contribution >= 4 is 17.5 Å². The van der Waals surface area contributed by atoms with E-state index in [0.717, 1.165) is 17.8 Å². The third-order valence-corrected chi connectivity index (χ3v) is 4.16. The molecule has 2 N–H and O–H groups in total. The molecule has 0 aliphatic rings. The summed E-state index contributed by atoms with van der Waals surface area (Å²) in [4.78, 5) is 29.0. The number of carbonyl (C=O) groups is 2. The molecule has 1 heterocycles. The van der Waals surface area contributed by atoms with Crippen molar-refractivity contribution in [2.24, 2.45) is 0 Å². The first kappa shape index (κ1) is 18.3. The highest BCUT2D eigenvalue weighted by atomic mass is 16.2. The van der Waals surface area contributed by atoms with Gasteiger partial charge >= 0.3 is 0 Å². The van der Waals surface area contributed by atoms with Crippen LogP contribution in [0.15, 0.2) is 72.9 Å². The van der Waals surface area contributed by atoms with Gasteiger partial charge in [-0.15, -0.1) is 0 Å². The zero-order chi connectivity index (χ0) is 19.1. The Kier molecular flexibility index (Phi) is 5.94. The number of nitrogens with zero attached hydrogens (tertiary/aromatic N) is 1. The van der Waals surface area contributed by atoms with Crippen molar-refractivity contribution in [3.63, 3.8) is 0 Å². The SMILES string of the molecule is CCc1ccc(NC(=O)c2cccc(C(=O)NCc3ccccn3)c2)cc1. The summed E-state index contributed by atoms with van der Waals surface area (Å²) >= 11 is 0. The molecule has 0 spiro atoms. The lowest BCUT2D eigenvalue weighted by Crippen LogP contribution is -2.23. The summed E-state index contributed by atoms with van der Waals surface area (Å²) in [6.07, 6.45) is 2.63. The average molecular weight is 359 g/mol. The van der Waals surface area contributed by atoms with Crippen LogP contribution in [0.1, 0.15) is 38.9 Å². The van der Waals surface area contributed by atoms with Crippen LogP contribution >= 0.6 is 0 Å². The quantitative estimate of drug-likeness (QED) is 0.703. The zero-order valence-electron chi connectivity index (χ0n) is 15.1. The van der Waals surface area contributed by atoms with Crippen LogP contribution in [0.25, 0.3) is 0 Å². The molecule has 3 aromatic rings. The van der Waals surface area contributed by atoms with E-state index in [1.165, 1.54) is 5.56 Å². The standard InChI is InChI=1S/C22H21N3O2/c1-2-16-9-11-19(12-10-16)25-22(27)18-7-5-6-17(14-18)21(26)24-15-20-8-3-4-13-23-20/h3-14H,2,15H2,1H3,(H,24,26)(H,25,27). The van der Waals surface area contributed by atoms with Crippen LogP contribution in [-0.4, -0.2) is 16.8 Å². The molecule has 0 radical (unpaired) electrons. The molecule has 5 nitrogen and oxygen atoms in total. The second kappa shape index (κ2) is 8.76. The number of benzene rings is 2. The van der Waals surface area contributed by atoms with E-state index >= 15 is 0 Å². The minimum atomic E-state index is -0.251. The molecule has 3 rings (SSSR count). The summed E-state index contributed by atoms with van der Waals surface area (Å²) in [7, 11) is 0. The van der Waals surface area contributed by atoms with Crippen LogP contribution < -0.4 is 10.6 Å². The molecule has 0 bridgehead atoms. The number of carbonyl (C=O) groups excluding carboxylic acids is 2. The predicted octanol–water partition coefficient (Wildman–Crippen LogP) is 3.83. The van der Waals surface area contributed by atoms with Crippen LogP contribution in [-0.2, 0) is 13.0 Å². The van der Waals surface area contributed by atoms with E-state index in [4.69, 9.17) is 0 Å². The van der Waals surface area contributed by atoms with Crippen molar-refractivity contribution in [3.8, 4) is 0 Å². The number of amides is 2. The highest BCUT2D eigenvalue weighted by molar-refractivity contribution is 6.06. The summed E-state index contributed by atoms with van der Waals surface area (Å²) < 4.78 is 0. The van der Waals surface area contributed by atoms with Crippen LogP contribution in [0, 0.1) is 0 Å². The van der Waals surface area contributed by atoms with Crippen molar-refractivity contribution in [1.29, 1.82) is 0 Å². The summed E-state index contributed by atoms with van der Waals surface area (Å²) in [5.74, 6) is -0.499. The van der Waals surface area contributed by atoms with Gasteiger partial charge in [0.25, 0.3) is 11.8 Å². The number of hydrogen-bond acceptors (Lipinski definition) is 3. The molecule has 0 aliphatic heterocycles. The predicted molar refractivity (Wildman–Crippen MR) is 106 cm³/mol. The van der Waals surface area contributed by atoms with Gasteiger partial charge in [0.05, 0.1) is 12.2 Å². The lowest BCUT2D eigenvalue weighted by molar-refractivity contribution is 0.0950. The molecule has 136 valence electrons. The molecule has 1 aromatic heterocycles. The maximum Gasteiger partial charge on any atom is 0.255 e. The number of nitrogens with one attached hydrogen (secondary N) is 2. The van der Waals surface area contributed by atoms with Gasteiger partial charge in [0.1, 0.15) is 0 Å². The first-order chi connectivity index (χ1) is 13.2. The van der Waals surface area contributed by atoms with Gasteiger partial charge in [-0.25, -0.2) is 0 Å². The second-order valence-corrected chi connectivity index (χ2v) is 6.09. The summed E-state index contributed by atoms with van der Waals surface area (Å²) in [6, 6.07) is 19.9. The van der Waals surface area contributed by atoms with E-state index in [1.54, 1.807) is 30.5 Å². The Morgan fingerprint density at radius 2 is 1.63 bits per heavy atom. The summed E-state index contributed by atoms with van der Waals surface area (Å²) in [6.45, 7) is 2.41. The minimum absolute atomic E-state index is 0.248. The second-order valence-electron chi connectivity index (χ2n) is 6.09. The monoisotopic (exact) mass is 359 g/mol. The highest BCUT2D eigenvalue weighted by Crippen LogP contribution is 2.13. The van der Waals surface area contributed by atoms with E-state index in [9.17, 15) is 9.59 Å². The fourth-order valence-corrected chi connectivity index (χ4v) is 2.60. The molecule has 0 atom stereocenters. The number of aromatic nitrogens is 1. The Bertz CT molecular complexity index is 922. The minimum Gasteiger partial charge on any atom is -0.346 e. The third-order valence-electron chi connectivity index (χ3n) is 4.16. The molecule has 0 saturated carbocycles. The third kappa shape index (κ3) is 5.01. The number of anilines is 1. The van der Waals surface area contributed by atoms with Crippen molar-refractivity contribution in [2.45, 2.75) is 19.9 Å². The highest BCUT2D eigenvalue weighted by Gasteiger charge is 2.11. The molecule has 0 fully saturated rings. The lowest BCUT2D eigenvalue weighted by Gasteiger charge is -2.08. The molecular weight excluding hydrogens is 338 g/mol. The van der Waals surface area contributed by atoms with Gasteiger partial charge in [-0.05, 0) is 54.4 Å². The maximum absolute atomic E-state index is 12.5. The average Bonchev–Trinajstić information content (AvgIpc) is 2.73. The van der Waals surface area contributed by atoms with Gasteiger partial charge < -0.3 is 10.6 Å². The van der Waals surface area contributed by atoms with E-state index < -0.39 is 0 Å². The molecular formula is C22H21N3O2. The normalized spacial score (nSPS) is 10.3. The van der Waals surface area contributed by atoms with E-state index in [2.05, 4.69) is 22.5 Å². The van der Waals surface area contributed by atoms with Crippen molar-refractivity contribution < 1.29 is 9.59 Å². The molecule has 0 saturated heterocycles. The van der Waals surface area contributed by atoms with Gasteiger partial charge in [0.2, 0.25) is 0 Å². The van der Waals surface area contributed by atoms with Crippen LogP contribution in [0.3, 0.4) is 0 Å². The maximum atomic E-state index is 12.5. The first-order valence-corrected chi connectivity index (χ1v) is 8.84. The fourth-order valence-electron chi connectivity index (χ4n) is 2.60. The molecule has 2 amide bonds. The Morgan fingerprint density at radius 1 is 0.889 bits per heavy atom. The Labute approximate surface area is 158 Å². The summed E-state index contributed by atoms with van der Waals surface area (Å²) in [5, 5.41) is 5.66. The molecule has 0 unspecified atom stereocenters. The molecule has 2 aromatic carbocycles. The topological polar surface area (TPSA) is 71.1 Å². The van der Waals surface area contributed by atoms with E-state index in [0.29, 0.717) is 17.7 Å².